The number of carbonyl (C=O) groups is 1. The Hall–Kier alpha value is -2.38. The summed E-state index contributed by atoms with van der Waals surface area (Å²) < 4.78 is 5.41. The third kappa shape index (κ3) is 4.80. The summed E-state index contributed by atoms with van der Waals surface area (Å²) in [6.45, 7) is 0. The van der Waals surface area contributed by atoms with E-state index in [-0.39, 0.29) is 11.9 Å². The number of thioether (sulfide) groups is 1. The smallest absolute Gasteiger partial charge is 0.322 e. The van der Waals surface area contributed by atoms with Crippen molar-refractivity contribution in [2.75, 3.05) is 5.32 Å². The molecule has 5 nitrogen and oxygen atoms in total. The van der Waals surface area contributed by atoms with E-state index in [0.29, 0.717) is 11.6 Å². The minimum atomic E-state index is -0.302. The van der Waals surface area contributed by atoms with Crippen molar-refractivity contribution in [3.63, 3.8) is 0 Å². The minimum absolute atomic E-state index is 0.106. The molecule has 0 aliphatic heterocycles. The van der Waals surface area contributed by atoms with Crippen molar-refractivity contribution in [2.24, 2.45) is 0 Å². The van der Waals surface area contributed by atoms with Gasteiger partial charge in [-0.05, 0) is 29.7 Å². The fraction of sp³-hybridized carbons (Fsp3) is 0.0625. The van der Waals surface area contributed by atoms with Gasteiger partial charge in [-0.3, -0.25) is 10.1 Å². The van der Waals surface area contributed by atoms with Gasteiger partial charge < -0.3 is 4.42 Å². The van der Waals surface area contributed by atoms with Crippen molar-refractivity contribution < 1.29 is 9.21 Å². The van der Waals surface area contributed by atoms with Crippen LogP contribution in [0, 0.1) is 0 Å². The molecule has 3 aromatic rings. The van der Waals surface area contributed by atoms with Gasteiger partial charge in [-0.15, -0.1) is 28.2 Å². The Bertz CT molecular complexity index is 783. The average molecular weight is 343 g/mol. The summed E-state index contributed by atoms with van der Waals surface area (Å²) in [5, 5.41) is 12.2. The van der Waals surface area contributed by atoms with Crippen molar-refractivity contribution in [3.05, 3.63) is 64.7 Å². The Kier molecular flexibility index (Phi) is 5.23. The molecule has 0 spiro atoms. The standard InChI is InChI=1S/C16H13N3O2S2/c20-14(9-8-13-7-4-10-22-13)17-16-19-18-15(21-16)11-23-12-5-2-1-3-6-12/h1-10H,11H2,(H,17,19,20)/b9-8+. The lowest BCUT2D eigenvalue weighted by Gasteiger charge is -1.97. The van der Waals surface area contributed by atoms with Crippen molar-refractivity contribution in [1.29, 1.82) is 0 Å². The van der Waals surface area contributed by atoms with E-state index in [0.717, 1.165) is 9.77 Å². The summed E-state index contributed by atoms with van der Waals surface area (Å²) in [7, 11) is 0. The van der Waals surface area contributed by atoms with Crippen molar-refractivity contribution >= 4 is 41.1 Å². The molecule has 1 N–H and O–H groups in total. The summed E-state index contributed by atoms with van der Waals surface area (Å²) >= 11 is 3.15. The predicted octanol–water partition coefficient (Wildman–Crippen LogP) is 4.08. The fourth-order valence-electron chi connectivity index (χ4n) is 1.72. The second-order valence-electron chi connectivity index (χ2n) is 4.44. The second-order valence-corrected chi connectivity index (χ2v) is 6.47. The van der Waals surface area contributed by atoms with Gasteiger partial charge in [0.1, 0.15) is 0 Å². The molecule has 0 saturated carbocycles. The lowest BCUT2D eigenvalue weighted by atomic mass is 10.4. The number of amides is 1. The molecule has 7 heteroatoms. The maximum atomic E-state index is 11.8. The van der Waals surface area contributed by atoms with Gasteiger partial charge in [0.15, 0.2) is 0 Å². The maximum Gasteiger partial charge on any atom is 0.322 e. The Morgan fingerprint density at radius 2 is 2.09 bits per heavy atom. The zero-order valence-electron chi connectivity index (χ0n) is 12.0. The molecule has 3 rings (SSSR count). The maximum absolute atomic E-state index is 11.8. The summed E-state index contributed by atoms with van der Waals surface area (Å²) in [6, 6.07) is 13.9. The van der Waals surface area contributed by atoms with Crippen LogP contribution in [0.4, 0.5) is 6.01 Å². The number of carbonyl (C=O) groups excluding carboxylic acids is 1. The summed E-state index contributed by atoms with van der Waals surface area (Å²) in [5.41, 5.74) is 0. The zero-order valence-corrected chi connectivity index (χ0v) is 13.6. The third-order valence-corrected chi connectivity index (χ3v) is 4.58. The molecule has 2 heterocycles. The quantitative estimate of drug-likeness (QED) is 0.540. The number of anilines is 1. The van der Waals surface area contributed by atoms with Crippen molar-refractivity contribution in [3.8, 4) is 0 Å². The molecule has 0 radical (unpaired) electrons. The lowest BCUT2D eigenvalue weighted by molar-refractivity contribution is -0.112. The molecule has 0 saturated heterocycles. The Morgan fingerprint density at radius 1 is 1.22 bits per heavy atom. The lowest BCUT2D eigenvalue weighted by Crippen LogP contribution is -2.07. The molecule has 1 amide bonds. The fourth-order valence-corrected chi connectivity index (χ4v) is 3.09. The SMILES string of the molecule is O=C(/C=C/c1cccs1)Nc1nnc(CSc2ccccc2)o1. The van der Waals surface area contributed by atoms with E-state index in [1.807, 2.05) is 47.8 Å². The van der Waals surface area contributed by atoms with Gasteiger partial charge in [0.05, 0.1) is 5.75 Å². The molecule has 1 aromatic carbocycles. The predicted molar refractivity (Wildman–Crippen MR) is 92.3 cm³/mol. The van der Waals surface area contributed by atoms with Crippen molar-refractivity contribution in [2.45, 2.75) is 10.6 Å². The number of aromatic nitrogens is 2. The summed E-state index contributed by atoms with van der Waals surface area (Å²) in [4.78, 5) is 13.9. The normalized spacial score (nSPS) is 11.0. The molecule has 0 atom stereocenters. The van der Waals surface area contributed by atoms with E-state index in [1.54, 1.807) is 29.2 Å². The van der Waals surface area contributed by atoms with Gasteiger partial charge >= 0.3 is 6.01 Å². The number of thiophene rings is 1. The van der Waals surface area contributed by atoms with E-state index >= 15 is 0 Å². The Balaban J connectivity index is 1.51. The molecule has 116 valence electrons. The van der Waals surface area contributed by atoms with Crippen LogP contribution in [0.3, 0.4) is 0 Å². The van der Waals surface area contributed by atoms with E-state index in [9.17, 15) is 4.79 Å². The number of benzene rings is 1. The van der Waals surface area contributed by atoms with Gasteiger partial charge in [-0.1, -0.05) is 29.4 Å². The third-order valence-electron chi connectivity index (χ3n) is 2.74. The molecular weight excluding hydrogens is 330 g/mol. The van der Waals surface area contributed by atoms with Crippen LogP contribution in [-0.4, -0.2) is 16.1 Å². The molecule has 0 unspecified atom stereocenters. The molecular formula is C16H13N3O2S2. The largest absolute Gasteiger partial charge is 0.407 e. The van der Waals surface area contributed by atoms with E-state index in [1.165, 1.54) is 6.08 Å². The topological polar surface area (TPSA) is 68.0 Å². The van der Waals surface area contributed by atoms with Gasteiger partial charge in [-0.2, -0.15) is 0 Å². The zero-order chi connectivity index (χ0) is 15.9. The van der Waals surface area contributed by atoms with Crippen LogP contribution in [-0.2, 0) is 10.5 Å². The first kappa shape index (κ1) is 15.5. The summed E-state index contributed by atoms with van der Waals surface area (Å²) in [5.74, 6) is 0.721. The highest BCUT2D eigenvalue weighted by atomic mass is 32.2. The van der Waals surface area contributed by atoms with Crippen molar-refractivity contribution in [1.82, 2.24) is 10.2 Å². The van der Waals surface area contributed by atoms with Crippen LogP contribution in [0.25, 0.3) is 6.08 Å². The van der Waals surface area contributed by atoms with E-state index in [4.69, 9.17) is 4.42 Å². The molecule has 0 aliphatic carbocycles. The number of nitrogens with zero attached hydrogens (tertiary/aromatic N) is 2. The average Bonchev–Trinajstić information content (AvgIpc) is 3.24. The van der Waals surface area contributed by atoms with Crippen LogP contribution in [0.15, 0.2) is 63.2 Å². The first-order valence-electron chi connectivity index (χ1n) is 6.82. The number of hydrogen-bond donors (Lipinski definition) is 1. The van der Waals surface area contributed by atoms with Crippen LogP contribution in [0.5, 0.6) is 0 Å². The van der Waals surface area contributed by atoms with Crippen LogP contribution < -0.4 is 5.32 Å². The van der Waals surface area contributed by atoms with E-state index in [2.05, 4.69) is 15.5 Å². The molecule has 0 fully saturated rings. The number of nitrogens with one attached hydrogen (secondary N) is 1. The van der Waals surface area contributed by atoms with Gasteiger partial charge in [-0.25, -0.2) is 0 Å². The second kappa shape index (κ2) is 7.75. The Morgan fingerprint density at radius 3 is 2.87 bits per heavy atom. The monoisotopic (exact) mass is 343 g/mol. The molecule has 23 heavy (non-hydrogen) atoms. The number of rotatable bonds is 6. The highest BCUT2D eigenvalue weighted by Crippen LogP contribution is 2.22. The molecule has 2 aromatic heterocycles. The number of hydrogen-bond acceptors (Lipinski definition) is 6. The summed E-state index contributed by atoms with van der Waals surface area (Å²) in [6.07, 6.45) is 3.18. The van der Waals surface area contributed by atoms with Crippen LogP contribution >= 0.6 is 23.1 Å². The van der Waals surface area contributed by atoms with Gasteiger partial charge in [0, 0.05) is 15.8 Å². The molecule has 0 aliphatic rings. The first-order valence-corrected chi connectivity index (χ1v) is 8.69. The van der Waals surface area contributed by atoms with Crippen LogP contribution in [0.1, 0.15) is 10.8 Å². The van der Waals surface area contributed by atoms with Gasteiger partial charge in [0.2, 0.25) is 5.89 Å². The van der Waals surface area contributed by atoms with E-state index < -0.39 is 0 Å². The highest BCUT2D eigenvalue weighted by molar-refractivity contribution is 7.98. The molecule has 0 bridgehead atoms. The minimum Gasteiger partial charge on any atom is -0.407 e. The Labute approximate surface area is 141 Å². The van der Waals surface area contributed by atoms with Crippen LogP contribution in [0.2, 0.25) is 0 Å². The first-order chi connectivity index (χ1) is 11.3. The van der Waals surface area contributed by atoms with Gasteiger partial charge in [0.25, 0.3) is 5.91 Å². The highest BCUT2D eigenvalue weighted by Gasteiger charge is 2.08.